The van der Waals surface area contributed by atoms with E-state index in [0.717, 1.165) is 0 Å². The van der Waals surface area contributed by atoms with Crippen molar-refractivity contribution in [3.05, 3.63) is 0 Å². The van der Waals surface area contributed by atoms with E-state index in [-0.39, 0.29) is 0 Å². The minimum absolute atomic E-state index is 0.670. The van der Waals surface area contributed by atoms with Gasteiger partial charge in [0.25, 0.3) is 0 Å². The molecular weight excluding hydrogens is 158 g/mol. The van der Waals surface area contributed by atoms with Crippen LogP contribution in [0.2, 0.25) is 0 Å². The van der Waals surface area contributed by atoms with Gasteiger partial charge in [-0.05, 0) is 52.1 Å². The Kier molecular flexibility index (Phi) is 3.78. The molecule has 0 unspecified atom stereocenters. The Morgan fingerprint density at radius 3 is 2.23 bits per heavy atom. The van der Waals surface area contributed by atoms with Gasteiger partial charge in [0.15, 0.2) is 0 Å². The molecule has 1 fully saturated rings. The van der Waals surface area contributed by atoms with E-state index in [1.807, 2.05) is 0 Å². The van der Waals surface area contributed by atoms with Gasteiger partial charge in [-0.25, -0.2) is 0 Å². The molecule has 1 heteroatoms. The topological polar surface area (TPSA) is 3.24 Å². The fourth-order valence-corrected chi connectivity index (χ4v) is 2.18. The maximum atomic E-state index is 2.47. The van der Waals surface area contributed by atoms with Crippen LogP contribution in [0.1, 0.15) is 52.9 Å². The van der Waals surface area contributed by atoms with Gasteiger partial charge in [0.05, 0.1) is 0 Å². The zero-order valence-electron chi connectivity index (χ0n) is 9.77. The summed E-state index contributed by atoms with van der Waals surface area (Å²) in [4.78, 5) is 2.46. The van der Waals surface area contributed by atoms with E-state index < -0.39 is 0 Å². The predicted octanol–water partition coefficient (Wildman–Crippen LogP) is 3.30. The summed E-state index contributed by atoms with van der Waals surface area (Å²) in [6.45, 7) is 8.29. The SMILES string of the molecule is CC(C)N(C)CCC1(C)CCCC1. The van der Waals surface area contributed by atoms with Crippen molar-refractivity contribution in [2.24, 2.45) is 5.41 Å². The number of hydrogen-bond acceptors (Lipinski definition) is 1. The molecule has 0 aliphatic heterocycles. The predicted molar refractivity (Wildman–Crippen MR) is 59.0 cm³/mol. The molecule has 0 spiro atoms. The second kappa shape index (κ2) is 4.45. The molecule has 0 aromatic rings. The first-order chi connectivity index (χ1) is 6.03. The first-order valence-electron chi connectivity index (χ1n) is 5.74. The minimum Gasteiger partial charge on any atom is -0.304 e. The van der Waals surface area contributed by atoms with Crippen LogP contribution in [0.25, 0.3) is 0 Å². The highest BCUT2D eigenvalue weighted by Gasteiger charge is 2.28. The van der Waals surface area contributed by atoms with E-state index >= 15 is 0 Å². The van der Waals surface area contributed by atoms with Crippen LogP contribution in [0.15, 0.2) is 0 Å². The smallest absolute Gasteiger partial charge is 0.00355 e. The molecule has 1 aliphatic carbocycles. The van der Waals surface area contributed by atoms with Crippen molar-refractivity contribution in [2.75, 3.05) is 13.6 Å². The average Bonchev–Trinajstić information content (AvgIpc) is 2.48. The maximum absolute atomic E-state index is 2.47. The van der Waals surface area contributed by atoms with Crippen LogP contribution in [0.3, 0.4) is 0 Å². The van der Waals surface area contributed by atoms with Gasteiger partial charge < -0.3 is 4.90 Å². The van der Waals surface area contributed by atoms with Crippen LogP contribution in [0.5, 0.6) is 0 Å². The van der Waals surface area contributed by atoms with Crippen molar-refractivity contribution in [3.63, 3.8) is 0 Å². The van der Waals surface area contributed by atoms with E-state index in [1.165, 1.54) is 38.6 Å². The summed E-state index contributed by atoms with van der Waals surface area (Å²) in [6, 6.07) is 0.699. The van der Waals surface area contributed by atoms with Crippen LogP contribution < -0.4 is 0 Å². The van der Waals surface area contributed by atoms with Crippen molar-refractivity contribution in [1.29, 1.82) is 0 Å². The third-order valence-corrected chi connectivity index (χ3v) is 3.76. The molecule has 0 radical (unpaired) electrons. The van der Waals surface area contributed by atoms with Crippen molar-refractivity contribution < 1.29 is 0 Å². The minimum atomic E-state index is 0.670. The number of rotatable bonds is 4. The van der Waals surface area contributed by atoms with Gasteiger partial charge in [0.1, 0.15) is 0 Å². The first-order valence-corrected chi connectivity index (χ1v) is 5.74. The van der Waals surface area contributed by atoms with Crippen LogP contribution in [0, 0.1) is 5.41 Å². The van der Waals surface area contributed by atoms with Gasteiger partial charge in [0, 0.05) is 6.04 Å². The van der Waals surface area contributed by atoms with Gasteiger partial charge in [-0.3, -0.25) is 0 Å². The van der Waals surface area contributed by atoms with Gasteiger partial charge in [-0.15, -0.1) is 0 Å². The lowest BCUT2D eigenvalue weighted by Gasteiger charge is -2.28. The lowest BCUT2D eigenvalue weighted by atomic mass is 9.85. The molecule has 1 nitrogen and oxygen atoms in total. The number of hydrogen-bond donors (Lipinski definition) is 0. The van der Waals surface area contributed by atoms with E-state index in [1.54, 1.807) is 0 Å². The summed E-state index contributed by atoms with van der Waals surface area (Å²) in [7, 11) is 2.24. The molecule has 0 N–H and O–H groups in total. The molecule has 1 saturated carbocycles. The molecule has 0 aromatic heterocycles. The standard InChI is InChI=1S/C12H25N/c1-11(2)13(4)10-9-12(3)7-5-6-8-12/h11H,5-10H2,1-4H3. The van der Waals surface area contributed by atoms with Crippen LogP contribution in [0.4, 0.5) is 0 Å². The lowest BCUT2D eigenvalue weighted by molar-refractivity contribution is 0.208. The van der Waals surface area contributed by atoms with Crippen molar-refractivity contribution in [2.45, 2.75) is 58.9 Å². The van der Waals surface area contributed by atoms with Crippen molar-refractivity contribution in [1.82, 2.24) is 4.90 Å². The van der Waals surface area contributed by atoms with Crippen LogP contribution >= 0.6 is 0 Å². The third-order valence-electron chi connectivity index (χ3n) is 3.76. The molecule has 1 rings (SSSR count). The van der Waals surface area contributed by atoms with Gasteiger partial charge >= 0.3 is 0 Å². The van der Waals surface area contributed by atoms with E-state index in [2.05, 4.69) is 32.7 Å². The van der Waals surface area contributed by atoms with Crippen molar-refractivity contribution >= 4 is 0 Å². The van der Waals surface area contributed by atoms with Crippen molar-refractivity contribution in [3.8, 4) is 0 Å². The monoisotopic (exact) mass is 183 g/mol. The number of nitrogens with zero attached hydrogens (tertiary/aromatic N) is 1. The molecule has 1 aliphatic rings. The Morgan fingerprint density at radius 1 is 1.23 bits per heavy atom. The largest absolute Gasteiger partial charge is 0.304 e. The highest BCUT2D eigenvalue weighted by molar-refractivity contribution is 4.81. The highest BCUT2D eigenvalue weighted by atomic mass is 15.1. The normalized spacial score (nSPS) is 21.7. The fraction of sp³-hybridized carbons (Fsp3) is 1.00. The molecule has 0 atom stereocenters. The van der Waals surface area contributed by atoms with Gasteiger partial charge in [-0.2, -0.15) is 0 Å². The molecule has 0 aromatic carbocycles. The lowest BCUT2D eigenvalue weighted by Crippen LogP contribution is -2.30. The summed E-state index contributed by atoms with van der Waals surface area (Å²) in [5.41, 5.74) is 0.670. The Balaban J connectivity index is 2.24. The maximum Gasteiger partial charge on any atom is 0.00355 e. The summed E-state index contributed by atoms with van der Waals surface area (Å²) < 4.78 is 0. The second-order valence-electron chi connectivity index (χ2n) is 5.34. The Morgan fingerprint density at radius 2 is 1.77 bits per heavy atom. The van der Waals surface area contributed by atoms with Gasteiger partial charge in [-0.1, -0.05) is 19.8 Å². The molecule has 0 saturated heterocycles. The quantitative estimate of drug-likeness (QED) is 0.646. The average molecular weight is 183 g/mol. The summed E-state index contributed by atoms with van der Waals surface area (Å²) in [5, 5.41) is 0. The Bertz CT molecular complexity index is 145. The van der Waals surface area contributed by atoms with E-state index in [4.69, 9.17) is 0 Å². The van der Waals surface area contributed by atoms with Crippen LogP contribution in [-0.2, 0) is 0 Å². The second-order valence-corrected chi connectivity index (χ2v) is 5.34. The van der Waals surface area contributed by atoms with Crippen LogP contribution in [-0.4, -0.2) is 24.5 Å². The zero-order chi connectivity index (χ0) is 9.90. The first kappa shape index (κ1) is 11.0. The molecular formula is C12H25N. The summed E-state index contributed by atoms with van der Waals surface area (Å²) in [6.07, 6.45) is 7.23. The zero-order valence-corrected chi connectivity index (χ0v) is 9.77. The third kappa shape index (κ3) is 3.30. The molecule has 0 amide bonds. The molecule has 0 bridgehead atoms. The van der Waals surface area contributed by atoms with E-state index in [0.29, 0.717) is 11.5 Å². The molecule has 13 heavy (non-hydrogen) atoms. The summed E-state index contributed by atoms with van der Waals surface area (Å²) >= 11 is 0. The Hall–Kier alpha value is -0.0400. The van der Waals surface area contributed by atoms with E-state index in [9.17, 15) is 0 Å². The highest BCUT2D eigenvalue weighted by Crippen LogP contribution is 2.40. The summed E-state index contributed by atoms with van der Waals surface area (Å²) in [5.74, 6) is 0. The fourth-order valence-electron chi connectivity index (χ4n) is 2.18. The molecule has 0 heterocycles. The Labute approximate surface area is 83.5 Å². The van der Waals surface area contributed by atoms with Gasteiger partial charge in [0.2, 0.25) is 0 Å². The molecule has 78 valence electrons.